The maximum absolute atomic E-state index is 10.7. The van der Waals surface area contributed by atoms with Gasteiger partial charge in [-0.2, -0.15) is 5.26 Å². The summed E-state index contributed by atoms with van der Waals surface area (Å²) >= 11 is 0. The van der Waals surface area contributed by atoms with Crippen LogP contribution in [0.15, 0.2) is 18.2 Å². The fourth-order valence-electron chi connectivity index (χ4n) is 2.56. The number of nitriles is 1. The largest absolute Gasteiger partial charge is 0.384 e. The molecule has 1 N–H and O–H groups in total. The van der Waals surface area contributed by atoms with Gasteiger partial charge in [0, 0.05) is 0 Å². The summed E-state index contributed by atoms with van der Waals surface area (Å²) < 4.78 is 0. The molecule has 0 amide bonds. The lowest BCUT2D eigenvalue weighted by Gasteiger charge is -2.46. The zero-order chi connectivity index (χ0) is 12.7. The second-order valence-electron chi connectivity index (χ2n) is 5.42. The molecule has 2 rings (SSSR count). The van der Waals surface area contributed by atoms with Crippen LogP contribution in [-0.2, 0) is 5.60 Å². The van der Waals surface area contributed by atoms with Crippen molar-refractivity contribution in [1.29, 1.82) is 5.26 Å². The Morgan fingerprint density at radius 2 is 1.94 bits per heavy atom. The molecule has 1 saturated carbocycles. The van der Waals surface area contributed by atoms with Crippen molar-refractivity contribution in [3.63, 3.8) is 0 Å². The molecule has 1 aliphatic carbocycles. The van der Waals surface area contributed by atoms with Gasteiger partial charge in [-0.1, -0.05) is 24.6 Å². The van der Waals surface area contributed by atoms with E-state index in [0.29, 0.717) is 0 Å². The zero-order valence-corrected chi connectivity index (χ0v) is 10.7. The smallest absolute Gasteiger partial charge is 0.105 e. The predicted octanol–water partition coefficient (Wildman–Crippen LogP) is 3.20. The molecule has 1 aliphatic rings. The van der Waals surface area contributed by atoms with Gasteiger partial charge in [-0.15, -0.1) is 0 Å². The molecule has 17 heavy (non-hydrogen) atoms. The van der Waals surface area contributed by atoms with Gasteiger partial charge in [0.1, 0.15) is 5.60 Å². The van der Waals surface area contributed by atoms with Gasteiger partial charge in [0.2, 0.25) is 0 Å². The quantitative estimate of drug-likeness (QED) is 0.846. The van der Waals surface area contributed by atoms with Crippen molar-refractivity contribution in [1.82, 2.24) is 0 Å². The van der Waals surface area contributed by atoms with Crippen molar-refractivity contribution in [3.8, 4) is 6.07 Å². The van der Waals surface area contributed by atoms with Crippen LogP contribution < -0.4 is 0 Å². The molecule has 2 nitrogen and oxygen atoms in total. The maximum atomic E-state index is 10.7. The van der Waals surface area contributed by atoms with Gasteiger partial charge in [-0.05, 0) is 50.3 Å². The van der Waals surface area contributed by atoms with E-state index in [1.165, 1.54) is 5.56 Å². The second kappa shape index (κ2) is 3.85. The molecule has 0 heterocycles. The minimum atomic E-state index is -1.04. The van der Waals surface area contributed by atoms with Crippen molar-refractivity contribution in [3.05, 3.63) is 34.9 Å². The van der Waals surface area contributed by atoms with Crippen LogP contribution >= 0.6 is 0 Å². The number of aliphatic hydroxyl groups is 1. The summed E-state index contributed by atoms with van der Waals surface area (Å²) in [5, 5.41) is 20.1. The van der Waals surface area contributed by atoms with E-state index in [-0.39, 0.29) is 0 Å². The van der Waals surface area contributed by atoms with Gasteiger partial charge >= 0.3 is 0 Å². The number of hydrogen-bond acceptors (Lipinski definition) is 2. The Balaban J connectivity index is 2.44. The molecule has 0 aromatic heterocycles. The Bertz CT molecular complexity index is 478. The Morgan fingerprint density at radius 3 is 2.35 bits per heavy atom. The maximum Gasteiger partial charge on any atom is 0.105 e. The van der Waals surface area contributed by atoms with E-state index in [1.54, 1.807) is 6.92 Å². The first-order valence-electron chi connectivity index (χ1n) is 6.14. The molecule has 0 bridgehead atoms. The summed E-state index contributed by atoms with van der Waals surface area (Å²) in [5.74, 6) is 0. The molecule has 1 fully saturated rings. The minimum Gasteiger partial charge on any atom is -0.384 e. The topological polar surface area (TPSA) is 44.0 Å². The molecule has 0 spiro atoms. The summed E-state index contributed by atoms with van der Waals surface area (Å²) in [6.07, 6.45) is 2.63. The van der Waals surface area contributed by atoms with Crippen molar-refractivity contribution in [2.75, 3.05) is 0 Å². The molecule has 1 aromatic carbocycles. The third-order valence-electron chi connectivity index (χ3n) is 4.42. The van der Waals surface area contributed by atoms with E-state index >= 15 is 0 Å². The van der Waals surface area contributed by atoms with Crippen LogP contribution in [0.4, 0.5) is 0 Å². The predicted molar refractivity (Wildman–Crippen MR) is 67.4 cm³/mol. The van der Waals surface area contributed by atoms with Gasteiger partial charge in [0.05, 0.1) is 11.5 Å². The summed E-state index contributed by atoms with van der Waals surface area (Å²) in [5.41, 5.74) is 1.61. The molecule has 0 saturated heterocycles. The molecule has 0 radical (unpaired) electrons. The van der Waals surface area contributed by atoms with Crippen LogP contribution in [0.1, 0.15) is 42.9 Å². The third-order valence-corrected chi connectivity index (χ3v) is 4.42. The van der Waals surface area contributed by atoms with E-state index in [4.69, 9.17) is 0 Å². The Labute approximate surface area is 103 Å². The second-order valence-corrected chi connectivity index (χ2v) is 5.42. The molecule has 0 aliphatic heterocycles. The summed E-state index contributed by atoms with van der Waals surface area (Å²) in [6.45, 7) is 5.87. The molecule has 2 heteroatoms. The molecule has 1 aromatic rings. The number of rotatable bonds is 2. The molecule has 1 unspecified atom stereocenters. The number of hydrogen-bond donors (Lipinski definition) is 1. The van der Waals surface area contributed by atoms with Gasteiger partial charge in [0.25, 0.3) is 0 Å². The SMILES string of the molecule is Cc1ccc(C(C)(O)C2(C#N)CCC2)cc1C. The fraction of sp³-hybridized carbons (Fsp3) is 0.533. The van der Waals surface area contributed by atoms with Crippen LogP contribution in [0.3, 0.4) is 0 Å². The normalized spacial score (nSPS) is 21.1. The first-order chi connectivity index (χ1) is 7.93. The standard InChI is InChI=1S/C15H19NO/c1-11-5-6-13(9-12(11)2)14(3,17)15(10-16)7-4-8-15/h5-6,9,17H,4,7-8H2,1-3H3. The fourth-order valence-corrected chi connectivity index (χ4v) is 2.56. The lowest BCUT2D eigenvalue weighted by atomic mass is 9.58. The Hall–Kier alpha value is -1.33. The molecule has 1 atom stereocenters. The average Bonchev–Trinajstić information content (AvgIpc) is 2.20. The van der Waals surface area contributed by atoms with Crippen LogP contribution in [0, 0.1) is 30.6 Å². The Kier molecular flexibility index (Phi) is 2.75. The van der Waals surface area contributed by atoms with Crippen LogP contribution in [0.2, 0.25) is 0 Å². The lowest BCUT2D eigenvalue weighted by Crippen LogP contribution is -2.47. The first kappa shape index (κ1) is 12.1. The lowest BCUT2D eigenvalue weighted by molar-refractivity contribution is -0.0859. The summed E-state index contributed by atoms with van der Waals surface area (Å²) in [7, 11) is 0. The van der Waals surface area contributed by atoms with Crippen LogP contribution in [0.5, 0.6) is 0 Å². The van der Waals surface area contributed by atoms with E-state index in [9.17, 15) is 10.4 Å². The summed E-state index contributed by atoms with van der Waals surface area (Å²) in [6, 6.07) is 8.31. The summed E-state index contributed by atoms with van der Waals surface area (Å²) in [4.78, 5) is 0. The monoisotopic (exact) mass is 229 g/mol. The van der Waals surface area contributed by atoms with Gasteiger partial charge in [0.15, 0.2) is 0 Å². The van der Waals surface area contributed by atoms with Gasteiger partial charge < -0.3 is 5.11 Å². The van der Waals surface area contributed by atoms with Crippen molar-refractivity contribution in [2.24, 2.45) is 5.41 Å². The highest BCUT2D eigenvalue weighted by Crippen LogP contribution is 2.53. The third kappa shape index (κ3) is 1.66. The van der Waals surface area contributed by atoms with Crippen molar-refractivity contribution in [2.45, 2.75) is 45.6 Å². The number of benzene rings is 1. The zero-order valence-electron chi connectivity index (χ0n) is 10.7. The van der Waals surface area contributed by atoms with Gasteiger partial charge in [-0.3, -0.25) is 0 Å². The molecular weight excluding hydrogens is 210 g/mol. The Morgan fingerprint density at radius 1 is 1.29 bits per heavy atom. The minimum absolute atomic E-state index is 0.589. The van der Waals surface area contributed by atoms with Crippen molar-refractivity contribution >= 4 is 0 Å². The average molecular weight is 229 g/mol. The first-order valence-corrected chi connectivity index (χ1v) is 6.14. The van der Waals surface area contributed by atoms with Crippen LogP contribution in [0.25, 0.3) is 0 Å². The van der Waals surface area contributed by atoms with Crippen molar-refractivity contribution < 1.29 is 5.11 Å². The number of nitrogens with zero attached hydrogens (tertiary/aromatic N) is 1. The number of aryl methyl sites for hydroxylation is 2. The molecular formula is C15H19NO. The van der Waals surface area contributed by atoms with E-state index in [1.807, 2.05) is 25.1 Å². The van der Waals surface area contributed by atoms with E-state index in [0.717, 1.165) is 30.4 Å². The van der Waals surface area contributed by atoms with E-state index in [2.05, 4.69) is 13.0 Å². The highest BCUT2D eigenvalue weighted by Gasteiger charge is 2.52. The highest BCUT2D eigenvalue weighted by atomic mass is 16.3. The molecule has 90 valence electrons. The van der Waals surface area contributed by atoms with Crippen LogP contribution in [-0.4, -0.2) is 5.11 Å². The van der Waals surface area contributed by atoms with Gasteiger partial charge in [-0.25, -0.2) is 0 Å². The van der Waals surface area contributed by atoms with E-state index < -0.39 is 11.0 Å². The highest BCUT2D eigenvalue weighted by molar-refractivity contribution is 5.36.